The van der Waals surface area contributed by atoms with Crippen LogP contribution >= 0.6 is 0 Å². The lowest BCUT2D eigenvalue weighted by Crippen LogP contribution is -2.13. The Morgan fingerprint density at radius 1 is 1.12 bits per heavy atom. The number of hydrogen-bond acceptors (Lipinski definition) is 4. The van der Waals surface area contributed by atoms with Gasteiger partial charge in [0.1, 0.15) is 0 Å². The Hall–Kier alpha value is -1.10. The molecule has 0 amide bonds. The van der Waals surface area contributed by atoms with E-state index in [0.29, 0.717) is 12.8 Å². The number of hydrogen-bond donors (Lipinski definition) is 2. The predicted octanol–water partition coefficient (Wildman–Crippen LogP) is 2.92. The van der Waals surface area contributed by atoms with E-state index in [1.165, 1.54) is 0 Å². The predicted molar refractivity (Wildman–Crippen MR) is 66.2 cm³/mol. The van der Waals surface area contributed by atoms with Crippen molar-refractivity contribution in [1.29, 1.82) is 0 Å². The topological polar surface area (TPSA) is 98.6 Å². The second-order valence-electron chi connectivity index (χ2n) is 4.02. The summed E-state index contributed by atoms with van der Waals surface area (Å²) < 4.78 is 5.11. The molecule has 0 aliphatic carbocycles. The molecule has 0 aromatic carbocycles. The van der Waals surface area contributed by atoms with Gasteiger partial charge in [-0.05, 0) is 26.2 Å². The van der Waals surface area contributed by atoms with Gasteiger partial charge in [-0.15, -0.1) is 0 Å². The van der Waals surface area contributed by atoms with Crippen LogP contribution < -0.4 is 6.15 Å². The first-order chi connectivity index (χ1) is 7.56. The molecule has 0 fully saturated rings. The average molecular weight is 247 g/mol. The van der Waals surface area contributed by atoms with Crippen molar-refractivity contribution in [3.63, 3.8) is 0 Å². The Kier molecular flexibility index (Phi) is 12.2. The monoisotopic (exact) mass is 247 g/mol. The van der Waals surface area contributed by atoms with Crippen LogP contribution in [0.15, 0.2) is 0 Å². The van der Waals surface area contributed by atoms with Gasteiger partial charge in [-0.25, -0.2) is 0 Å². The summed E-state index contributed by atoms with van der Waals surface area (Å²) in [6, 6.07) is 0. The molecule has 0 saturated carbocycles. The molecular formula is C12H25NO4. The molecule has 1 unspecified atom stereocenters. The van der Waals surface area contributed by atoms with Gasteiger partial charge < -0.3 is 16.0 Å². The van der Waals surface area contributed by atoms with E-state index in [2.05, 4.69) is 0 Å². The molecule has 0 heterocycles. The number of ether oxygens (including phenoxy) is 1. The van der Waals surface area contributed by atoms with E-state index in [0.717, 1.165) is 25.7 Å². The van der Waals surface area contributed by atoms with Crippen molar-refractivity contribution < 1.29 is 19.4 Å². The minimum atomic E-state index is -0.754. The van der Waals surface area contributed by atoms with E-state index in [-0.39, 0.29) is 24.6 Å². The minimum absolute atomic E-state index is 0. The molecule has 0 aliphatic heterocycles. The van der Waals surface area contributed by atoms with Gasteiger partial charge in [0.15, 0.2) is 0 Å². The maximum absolute atomic E-state index is 11.2. The van der Waals surface area contributed by atoms with Crippen LogP contribution in [0.1, 0.15) is 58.8 Å². The first-order valence-electron chi connectivity index (χ1n) is 5.97. The van der Waals surface area contributed by atoms with Gasteiger partial charge in [0, 0.05) is 12.8 Å². The minimum Gasteiger partial charge on any atom is -0.481 e. The number of carbonyl (C=O) groups is 2. The molecule has 5 heteroatoms. The normalized spacial score (nSPS) is 11.4. The number of carboxylic acid groups (broad SMARTS) is 1. The maximum atomic E-state index is 11.2. The van der Waals surface area contributed by atoms with Crippen molar-refractivity contribution in [2.24, 2.45) is 0 Å². The standard InChI is InChI=1S/C12H22O4.H3N/c1-3-10(2)16-12(15)9-7-5-4-6-8-11(13)14;/h10H,3-9H2,1-2H3,(H,13,14);1H3. The molecule has 0 bridgehead atoms. The molecule has 5 nitrogen and oxygen atoms in total. The van der Waals surface area contributed by atoms with E-state index < -0.39 is 5.97 Å². The van der Waals surface area contributed by atoms with E-state index >= 15 is 0 Å². The van der Waals surface area contributed by atoms with E-state index in [4.69, 9.17) is 9.84 Å². The van der Waals surface area contributed by atoms with Crippen molar-refractivity contribution in [1.82, 2.24) is 6.15 Å². The van der Waals surface area contributed by atoms with Crippen LogP contribution in [-0.2, 0) is 14.3 Å². The van der Waals surface area contributed by atoms with Crippen LogP contribution in [0.2, 0.25) is 0 Å². The third kappa shape index (κ3) is 12.8. The molecule has 102 valence electrons. The molecule has 1 atom stereocenters. The summed E-state index contributed by atoms with van der Waals surface area (Å²) in [6.07, 6.45) is 4.73. The summed E-state index contributed by atoms with van der Waals surface area (Å²) in [5.74, 6) is -0.899. The van der Waals surface area contributed by atoms with Gasteiger partial charge in [-0.1, -0.05) is 19.8 Å². The van der Waals surface area contributed by atoms with Crippen LogP contribution in [0.5, 0.6) is 0 Å². The van der Waals surface area contributed by atoms with Gasteiger partial charge in [0.25, 0.3) is 0 Å². The Bertz CT molecular complexity index is 219. The second-order valence-corrected chi connectivity index (χ2v) is 4.02. The lowest BCUT2D eigenvalue weighted by Gasteiger charge is -2.10. The molecule has 0 rings (SSSR count). The Morgan fingerprint density at radius 2 is 1.65 bits per heavy atom. The van der Waals surface area contributed by atoms with Crippen LogP contribution in [0.4, 0.5) is 0 Å². The van der Waals surface area contributed by atoms with Gasteiger partial charge in [0.05, 0.1) is 6.10 Å². The zero-order valence-corrected chi connectivity index (χ0v) is 10.9. The zero-order valence-electron chi connectivity index (χ0n) is 10.9. The van der Waals surface area contributed by atoms with E-state index in [9.17, 15) is 9.59 Å². The largest absolute Gasteiger partial charge is 0.481 e. The smallest absolute Gasteiger partial charge is 0.306 e. The molecule has 0 spiro atoms. The summed E-state index contributed by atoms with van der Waals surface area (Å²) in [4.78, 5) is 21.5. The molecule has 0 saturated heterocycles. The fourth-order valence-corrected chi connectivity index (χ4v) is 1.27. The highest BCUT2D eigenvalue weighted by atomic mass is 16.5. The lowest BCUT2D eigenvalue weighted by atomic mass is 10.1. The van der Waals surface area contributed by atoms with Crippen molar-refractivity contribution >= 4 is 11.9 Å². The Balaban J connectivity index is 0. The fourth-order valence-electron chi connectivity index (χ4n) is 1.27. The molecule has 17 heavy (non-hydrogen) atoms. The quantitative estimate of drug-likeness (QED) is 0.482. The van der Waals surface area contributed by atoms with Gasteiger partial charge in [0.2, 0.25) is 0 Å². The summed E-state index contributed by atoms with van der Waals surface area (Å²) >= 11 is 0. The van der Waals surface area contributed by atoms with Gasteiger partial charge in [-0.3, -0.25) is 9.59 Å². The van der Waals surface area contributed by atoms with E-state index in [1.54, 1.807) is 0 Å². The summed E-state index contributed by atoms with van der Waals surface area (Å²) in [7, 11) is 0. The van der Waals surface area contributed by atoms with Crippen LogP contribution in [-0.4, -0.2) is 23.1 Å². The third-order valence-electron chi connectivity index (χ3n) is 2.43. The lowest BCUT2D eigenvalue weighted by molar-refractivity contribution is -0.148. The molecule has 0 aromatic rings. The van der Waals surface area contributed by atoms with E-state index in [1.807, 2.05) is 13.8 Å². The number of rotatable bonds is 9. The zero-order chi connectivity index (χ0) is 12.4. The van der Waals surface area contributed by atoms with Crippen molar-refractivity contribution in [2.75, 3.05) is 0 Å². The number of aliphatic carboxylic acids is 1. The van der Waals surface area contributed by atoms with Crippen LogP contribution in [0.25, 0.3) is 0 Å². The summed E-state index contributed by atoms with van der Waals surface area (Å²) in [5.41, 5.74) is 0. The molecular weight excluding hydrogens is 222 g/mol. The molecule has 4 N–H and O–H groups in total. The second kappa shape index (κ2) is 11.4. The average Bonchev–Trinajstić information content (AvgIpc) is 2.22. The molecule has 0 aromatic heterocycles. The SMILES string of the molecule is CCC(C)OC(=O)CCCCCCC(=O)O.N. The molecule has 0 aliphatic rings. The van der Waals surface area contributed by atoms with Crippen LogP contribution in [0, 0.1) is 0 Å². The highest BCUT2D eigenvalue weighted by Gasteiger charge is 2.06. The number of unbranched alkanes of at least 4 members (excludes halogenated alkanes) is 3. The van der Waals surface area contributed by atoms with Gasteiger partial charge in [-0.2, -0.15) is 0 Å². The number of carbonyl (C=O) groups excluding carboxylic acids is 1. The first kappa shape index (κ1) is 18.3. The van der Waals surface area contributed by atoms with Crippen LogP contribution in [0.3, 0.4) is 0 Å². The maximum Gasteiger partial charge on any atom is 0.306 e. The Labute approximate surface area is 103 Å². The Morgan fingerprint density at radius 3 is 2.12 bits per heavy atom. The number of esters is 1. The number of carboxylic acids is 1. The fraction of sp³-hybridized carbons (Fsp3) is 0.833. The third-order valence-corrected chi connectivity index (χ3v) is 2.43. The highest BCUT2D eigenvalue weighted by molar-refractivity contribution is 5.69. The summed E-state index contributed by atoms with van der Waals surface area (Å²) in [5, 5.41) is 8.41. The van der Waals surface area contributed by atoms with Crippen molar-refractivity contribution in [3.8, 4) is 0 Å². The van der Waals surface area contributed by atoms with Gasteiger partial charge >= 0.3 is 11.9 Å². The first-order valence-corrected chi connectivity index (χ1v) is 5.97. The van der Waals surface area contributed by atoms with Crippen molar-refractivity contribution in [3.05, 3.63) is 0 Å². The summed E-state index contributed by atoms with van der Waals surface area (Å²) in [6.45, 7) is 3.86. The van der Waals surface area contributed by atoms with Crippen molar-refractivity contribution in [2.45, 2.75) is 64.9 Å². The molecule has 0 radical (unpaired) electrons. The highest BCUT2D eigenvalue weighted by Crippen LogP contribution is 2.07.